The van der Waals surface area contributed by atoms with Crippen LogP contribution < -0.4 is 10.2 Å². The summed E-state index contributed by atoms with van der Waals surface area (Å²) in [4.78, 5) is 53.9. The fraction of sp³-hybridized carbons (Fsp3) is 0.469. The van der Waals surface area contributed by atoms with E-state index < -0.39 is 49.6 Å². The average Bonchev–Trinajstić information content (AvgIpc) is 3.61. The van der Waals surface area contributed by atoms with E-state index in [2.05, 4.69) is 9.63 Å². The van der Waals surface area contributed by atoms with E-state index in [-0.39, 0.29) is 11.8 Å². The maximum absolute atomic E-state index is 14.8. The standard InChI is InChI=1S/C32H41F2N3O7P2/c1-21(22-13-15-24(16-14-22)32(33,34)46(42,43)44-45(5,6)41)20-27(38)35-28(31(2,3)4)30(40)36-18-9-12-26(36)29(39)37-19-17-23-10-7-8-11-25(23)37/h7-8,10-11,13-16,20,26,28H,9,12,17-19H2,1-6H3,(H,35,38)(H,42,43)/b21-20+/t26-,28+/m0/s1. The van der Waals surface area contributed by atoms with E-state index >= 15 is 0 Å². The molecule has 14 heteroatoms. The minimum absolute atomic E-state index is 0.137. The Kier molecular flexibility index (Phi) is 10.2. The van der Waals surface area contributed by atoms with Gasteiger partial charge in [-0.2, -0.15) is 8.78 Å². The number of allylic oxidation sites excluding steroid dienone is 1. The van der Waals surface area contributed by atoms with Gasteiger partial charge in [0.15, 0.2) is 0 Å². The van der Waals surface area contributed by atoms with Crippen LogP contribution in [0.1, 0.15) is 57.2 Å². The van der Waals surface area contributed by atoms with Crippen molar-refractivity contribution in [3.63, 3.8) is 0 Å². The smallest absolute Gasteiger partial charge is 0.340 e. The number of hydrogen-bond acceptors (Lipinski definition) is 6. The highest BCUT2D eigenvalue weighted by Crippen LogP contribution is 2.69. The molecule has 2 N–H and O–H groups in total. The molecular weight excluding hydrogens is 638 g/mol. The van der Waals surface area contributed by atoms with E-state index in [1.165, 1.54) is 18.2 Å². The third-order valence-electron chi connectivity index (χ3n) is 8.07. The van der Waals surface area contributed by atoms with Crippen LogP contribution in [0.15, 0.2) is 54.6 Å². The molecule has 1 saturated heterocycles. The van der Waals surface area contributed by atoms with Gasteiger partial charge in [-0.15, -0.1) is 0 Å². The lowest BCUT2D eigenvalue weighted by Gasteiger charge is -2.36. The Morgan fingerprint density at radius 3 is 2.28 bits per heavy atom. The van der Waals surface area contributed by atoms with Crippen LogP contribution in [0.25, 0.3) is 5.57 Å². The molecule has 3 atom stereocenters. The molecule has 0 aromatic heterocycles. The van der Waals surface area contributed by atoms with Gasteiger partial charge in [0.25, 0.3) is 0 Å². The van der Waals surface area contributed by atoms with Crippen molar-refractivity contribution in [2.75, 3.05) is 31.3 Å². The van der Waals surface area contributed by atoms with Gasteiger partial charge < -0.3 is 20.0 Å². The van der Waals surface area contributed by atoms with Crippen molar-refractivity contribution in [2.24, 2.45) is 5.41 Å². The first-order chi connectivity index (χ1) is 21.2. The normalized spacial score (nSPS) is 19.4. The molecule has 2 aromatic rings. The van der Waals surface area contributed by atoms with E-state index in [4.69, 9.17) is 0 Å². The van der Waals surface area contributed by atoms with Gasteiger partial charge in [0.1, 0.15) is 12.1 Å². The van der Waals surface area contributed by atoms with E-state index in [0.717, 1.165) is 43.1 Å². The molecule has 2 heterocycles. The SMILES string of the molecule is C/C(=C\C(=O)N[C@H](C(=O)N1CCC[C@H]1C(=O)N1CCc2ccccc21)C(C)(C)C)c1ccc(C(F)(F)P(=O)(O)OP(C)(C)=O)cc1. The van der Waals surface area contributed by atoms with Crippen molar-refractivity contribution in [3.05, 3.63) is 71.3 Å². The van der Waals surface area contributed by atoms with E-state index in [1.54, 1.807) is 16.7 Å². The minimum Gasteiger partial charge on any atom is -0.340 e. The van der Waals surface area contributed by atoms with Crippen molar-refractivity contribution in [3.8, 4) is 0 Å². The fourth-order valence-electron chi connectivity index (χ4n) is 5.73. The lowest BCUT2D eigenvalue weighted by atomic mass is 9.85. The van der Waals surface area contributed by atoms with Crippen LogP contribution in [0.5, 0.6) is 0 Å². The lowest BCUT2D eigenvalue weighted by Crippen LogP contribution is -2.57. The van der Waals surface area contributed by atoms with E-state index in [1.807, 2.05) is 45.0 Å². The zero-order chi connectivity index (χ0) is 34.2. The Morgan fingerprint density at radius 2 is 1.67 bits per heavy atom. The fourth-order valence-corrected chi connectivity index (χ4v) is 8.75. The Hall–Kier alpha value is -3.17. The van der Waals surface area contributed by atoms with Crippen LogP contribution in [0, 0.1) is 5.41 Å². The van der Waals surface area contributed by atoms with Gasteiger partial charge in [-0.05, 0) is 54.4 Å². The number of amides is 3. The number of hydrogen-bond donors (Lipinski definition) is 2. The van der Waals surface area contributed by atoms with E-state index in [0.29, 0.717) is 37.1 Å². The molecule has 2 aliphatic heterocycles. The Bertz CT molecular complexity index is 1630. The predicted molar refractivity (Wildman–Crippen MR) is 173 cm³/mol. The topological polar surface area (TPSA) is 133 Å². The molecular formula is C32H41F2N3O7P2. The van der Waals surface area contributed by atoms with Crippen molar-refractivity contribution < 1.29 is 41.5 Å². The molecule has 0 aliphatic carbocycles. The molecule has 0 spiro atoms. The Balaban J connectivity index is 1.48. The molecule has 0 bridgehead atoms. The van der Waals surface area contributed by atoms with Crippen LogP contribution >= 0.6 is 15.0 Å². The molecule has 0 radical (unpaired) electrons. The number of benzene rings is 2. The largest absolute Gasteiger partial charge is 0.407 e. The highest BCUT2D eigenvalue weighted by Gasteiger charge is 2.54. The third kappa shape index (κ3) is 7.68. The molecule has 3 amide bonds. The first-order valence-electron chi connectivity index (χ1n) is 15.0. The number of anilines is 1. The Morgan fingerprint density at radius 1 is 1.04 bits per heavy atom. The van der Waals surface area contributed by atoms with E-state index in [9.17, 15) is 37.2 Å². The molecule has 46 heavy (non-hydrogen) atoms. The quantitative estimate of drug-likeness (QED) is 0.246. The summed E-state index contributed by atoms with van der Waals surface area (Å²) in [6, 6.07) is 10.5. The summed E-state index contributed by atoms with van der Waals surface area (Å²) in [5.74, 6) is -1.09. The maximum atomic E-state index is 14.8. The molecule has 2 aliphatic rings. The van der Waals surface area contributed by atoms with Crippen molar-refractivity contribution in [2.45, 2.75) is 64.7 Å². The zero-order valence-electron chi connectivity index (χ0n) is 26.8. The number of likely N-dealkylation sites (tertiary alicyclic amines) is 1. The molecule has 0 saturated carbocycles. The van der Waals surface area contributed by atoms with Crippen LogP contribution in [0.2, 0.25) is 0 Å². The zero-order valence-corrected chi connectivity index (χ0v) is 28.6. The van der Waals surface area contributed by atoms with Crippen LogP contribution in [-0.2, 0) is 39.9 Å². The van der Waals surface area contributed by atoms with Crippen LogP contribution in [0.4, 0.5) is 14.5 Å². The summed E-state index contributed by atoms with van der Waals surface area (Å²) in [5, 5.41) is 2.79. The molecule has 10 nitrogen and oxygen atoms in total. The van der Waals surface area contributed by atoms with Gasteiger partial charge in [0, 0.05) is 43.7 Å². The van der Waals surface area contributed by atoms with Crippen molar-refractivity contribution >= 4 is 43.9 Å². The van der Waals surface area contributed by atoms with Gasteiger partial charge in [-0.3, -0.25) is 23.5 Å². The Labute approximate surface area is 268 Å². The summed E-state index contributed by atoms with van der Waals surface area (Å²) in [6.07, 6.45) is 3.16. The number of para-hydroxylation sites is 1. The maximum Gasteiger partial charge on any atom is 0.407 e. The second kappa shape index (κ2) is 13.1. The number of fused-ring (bicyclic) bond motifs is 1. The number of halogens is 2. The summed E-state index contributed by atoms with van der Waals surface area (Å²) in [5.41, 5.74) is -3.16. The highest BCUT2D eigenvalue weighted by atomic mass is 31.3. The number of alkyl halides is 2. The number of nitrogens with zero attached hydrogens (tertiary/aromatic N) is 2. The average molecular weight is 680 g/mol. The monoisotopic (exact) mass is 679 g/mol. The van der Waals surface area contributed by atoms with Gasteiger partial charge in [0.2, 0.25) is 25.1 Å². The summed E-state index contributed by atoms with van der Waals surface area (Å²) in [7, 11) is -9.32. The number of nitrogens with one attached hydrogen (secondary N) is 1. The second-order valence-electron chi connectivity index (χ2n) is 13.2. The highest BCUT2D eigenvalue weighted by molar-refractivity contribution is 7.68. The van der Waals surface area contributed by atoms with Crippen LogP contribution in [0.3, 0.4) is 0 Å². The molecule has 4 rings (SSSR count). The lowest BCUT2D eigenvalue weighted by molar-refractivity contribution is -0.142. The van der Waals surface area contributed by atoms with Gasteiger partial charge in [-0.25, -0.2) is 4.31 Å². The van der Waals surface area contributed by atoms with Gasteiger partial charge in [0.05, 0.1) is 0 Å². The summed E-state index contributed by atoms with van der Waals surface area (Å²) < 4.78 is 57.9. The van der Waals surface area contributed by atoms with Crippen molar-refractivity contribution in [1.82, 2.24) is 10.2 Å². The van der Waals surface area contributed by atoms with Gasteiger partial charge in [-0.1, -0.05) is 63.2 Å². The molecule has 1 fully saturated rings. The predicted octanol–water partition coefficient (Wildman–Crippen LogP) is 5.99. The van der Waals surface area contributed by atoms with Crippen molar-refractivity contribution in [1.29, 1.82) is 0 Å². The number of carbonyl (C=O) groups excluding carboxylic acids is 3. The van der Waals surface area contributed by atoms with Crippen LogP contribution in [-0.4, -0.2) is 66.0 Å². The second-order valence-corrected chi connectivity index (χ2v) is 17.9. The molecule has 250 valence electrons. The number of carbonyl (C=O) groups is 3. The third-order valence-corrected chi connectivity index (χ3v) is 11.5. The minimum atomic E-state index is -5.62. The van der Waals surface area contributed by atoms with Gasteiger partial charge >= 0.3 is 13.3 Å². The molecule has 1 unspecified atom stereocenters. The first kappa shape index (κ1) is 35.7. The number of rotatable bonds is 9. The molecule has 2 aromatic carbocycles. The summed E-state index contributed by atoms with van der Waals surface area (Å²) in [6.45, 7) is 9.88. The summed E-state index contributed by atoms with van der Waals surface area (Å²) >= 11 is 0. The first-order valence-corrected chi connectivity index (χ1v) is 19.1.